The number of thiophene rings is 5. The SMILES string of the molecule is CCN(CC)CC.CCO.ClC(Cl)Cl.Fc1ccccc1-c1nc(Cl)c2ccsc2n1.Fc1ccccc1-c1nc(Nc2ccncc2)c2ccsc2n1.N#CCC(N)=O.NC(=O)c1ccsc1N.NC(=O)c1ccsc1NC(=O)c1ccccc1F.Nc1ccncc1.O=C(Cl)c1ccccc1F.O=S(Cl)Cl.O=c1[nH]c(-c2ccccc2F)nc2sccc12.OC1CSC(O)CS1. The molecule has 2 atom stereocenters. The molecule has 0 saturated carbocycles. The maximum absolute atomic E-state index is 14.1. The number of rotatable bonds is 14. The second-order valence-electron chi connectivity index (χ2n) is 24.7. The molecule has 2 unspecified atom stereocenters. The first-order valence-electron chi connectivity index (χ1n) is 38.0. The lowest BCUT2D eigenvalue weighted by Gasteiger charge is -2.19. The standard InChI is InChI=1S/C17H11FN4S.C12H6ClFN2S.C12H9FN2O2S.C12H7FN2OS.C7H4ClFO.C6H15N.C5H6N2OS.C5H6N2.C4H8O2S2.C3H4N2O.C2H6O.CHCl3.Cl2OS/c18-14-4-2-1-3-12(14)15-21-16(13-7-10-23-17(13)22-15)20-11-5-8-19-9-6-11;13-10-8-5-6-17-12(8)16-11(15-10)7-3-1-2-4-9(7)14;13-9-4-2-1-3-7(9)11(17)15-12-8(10(14)16)5-6-18-12;13-9-4-2-1-3-7(9)10-14-11(16)8-5-6-17-12(8)15-10;8-7(10)5-3-1-2-4-6(5)9;1-4-7(5-2)6-3;6-4(8)3-1-2-9-5(3)7;6-5-1-3-7-4-2-5;5-3-1-7-4(6)2-8-3;4-2-1-3(5)6;1-2-3;2-1(3)4;1-4(2)3/h1-10H,(H,19,20,21,22);1-6H;1-6H,(H2,14,16)(H,15,17);1-6H,(H,14,15,16);1-4H;4-6H2,1-3H3;1-2H,7H2,(H2,6,8);1-4H,(H2,6,7);3-6H,1-2H2;1H2,(H2,5,6);3H,2H2,1H3;1H;. The lowest BCUT2D eigenvalue weighted by Crippen LogP contribution is -2.21. The van der Waals surface area contributed by atoms with E-state index in [1.807, 2.05) is 35.0 Å². The summed E-state index contributed by atoms with van der Waals surface area (Å²) < 4.78 is 75.5. The minimum atomic E-state index is -1.67. The number of thioether (sulfide) groups is 2. The van der Waals surface area contributed by atoms with Gasteiger partial charge in [-0.2, -0.15) is 5.26 Å². The monoisotopic (exact) mass is 2110 g/mol. The number of amides is 4. The van der Waals surface area contributed by atoms with E-state index in [0.29, 0.717) is 76.6 Å². The lowest BCUT2D eigenvalue weighted by atomic mass is 10.2. The quantitative estimate of drug-likeness (QED) is 0.0208. The smallest absolute Gasteiger partial charge is 0.259 e. The van der Waals surface area contributed by atoms with Crippen LogP contribution >= 0.6 is 160 Å². The molecule has 4 amide bonds. The molecule has 15 aromatic rings. The summed E-state index contributed by atoms with van der Waals surface area (Å²) in [6.45, 7) is 12.1. The number of aromatic nitrogens is 8. The highest BCUT2D eigenvalue weighted by Crippen LogP contribution is 2.34. The summed E-state index contributed by atoms with van der Waals surface area (Å²) in [5.74, 6) is -1.64. The number of nitrogens with zero attached hydrogens (tertiary/aromatic N) is 9. The molecule has 0 bridgehead atoms. The predicted molar refractivity (Wildman–Crippen MR) is 537 cm³/mol. The van der Waals surface area contributed by atoms with E-state index < -0.39 is 59.8 Å². The number of carbonyl (C=O) groups is 5. The van der Waals surface area contributed by atoms with Gasteiger partial charge in [0.05, 0.1) is 60.8 Å². The van der Waals surface area contributed by atoms with Crippen LogP contribution in [-0.2, 0) is 14.0 Å². The van der Waals surface area contributed by atoms with Gasteiger partial charge in [-0.15, -0.1) is 80.2 Å². The van der Waals surface area contributed by atoms with Crippen molar-refractivity contribution in [1.82, 2.24) is 44.8 Å². The second-order valence-corrected chi connectivity index (χ2v) is 36.8. The summed E-state index contributed by atoms with van der Waals surface area (Å²) in [6, 6.07) is 47.8. The number of aliphatic hydroxyl groups excluding tert-OH is 3. The minimum Gasteiger partial charge on any atom is -0.399 e. The molecule has 1 aliphatic rings. The number of carbonyl (C=O) groups excluding carboxylic acids is 5. The molecule has 16 rings (SSSR count). The van der Waals surface area contributed by atoms with Gasteiger partial charge in [-0.1, -0.05) is 128 Å². The summed E-state index contributed by atoms with van der Waals surface area (Å²) in [4.78, 5) is 102. The molecule has 27 nitrogen and oxygen atoms in total. The molecule has 1 aliphatic heterocycles. The van der Waals surface area contributed by atoms with Crippen molar-refractivity contribution in [2.75, 3.05) is 59.8 Å². The van der Waals surface area contributed by atoms with Gasteiger partial charge in [-0.25, -0.2) is 51.1 Å². The van der Waals surface area contributed by atoms with E-state index in [1.54, 1.807) is 145 Å². The number of H-pyrrole nitrogens is 1. The third-order valence-corrected chi connectivity index (χ3v) is 22.8. The molecule has 47 heteroatoms. The van der Waals surface area contributed by atoms with Gasteiger partial charge < -0.3 is 64.5 Å². The Kier molecular flexibility index (Phi) is 55.0. The number of aliphatic hydroxyl groups is 3. The van der Waals surface area contributed by atoms with E-state index in [-0.39, 0.29) is 63.6 Å². The first kappa shape index (κ1) is 115. The van der Waals surface area contributed by atoms with Crippen molar-refractivity contribution in [2.24, 2.45) is 17.2 Å². The molecule has 5 aromatic carbocycles. The molecule has 1 fully saturated rings. The van der Waals surface area contributed by atoms with Crippen molar-refractivity contribution >= 4 is 256 Å². The van der Waals surface area contributed by atoms with E-state index in [2.05, 4.69) is 103 Å². The van der Waals surface area contributed by atoms with Crippen LogP contribution in [0.1, 0.15) is 75.5 Å². The summed E-state index contributed by atoms with van der Waals surface area (Å²) in [7, 11) is 7.36. The average molecular weight is 2110 g/mol. The largest absolute Gasteiger partial charge is 0.399 e. The van der Waals surface area contributed by atoms with E-state index in [1.165, 1.54) is 149 Å². The van der Waals surface area contributed by atoms with Gasteiger partial charge in [0.1, 0.15) is 82.7 Å². The number of nitriles is 1. The molecular weight excluding hydrogens is 2030 g/mol. The average Bonchev–Trinajstić information content (AvgIpc) is 1.73. The van der Waals surface area contributed by atoms with Crippen LogP contribution in [0.5, 0.6) is 0 Å². The number of aromatic amines is 1. The highest BCUT2D eigenvalue weighted by Gasteiger charge is 2.20. The zero-order valence-electron chi connectivity index (χ0n) is 70.0. The van der Waals surface area contributed by atoms with Gasteiger partial charge >= 0.3 is 0 Å². The number of primary amides is 3. The zero-order chi connectivity index (χ0) is 98.5. The first-order chi connectivity index (χ1) is 63.5. The van der Waals surface area contributed by atoms with Gasteiger partial charge in [0.2, 0.25) is 15.1 Å². The molecule has 0 radical (unpaired) electrons. The molecule has 0 aliphatic carbocycles. The number of nitrogen functional groups attached to an aromatic ring is 2. The van der Waals surface area contributed by atoms with Crippen molar-refractivity contribution in [3.8, 4) is 40.2 Å². The Balaban J connectivity index is 0.000000313. The molecule has 1 saturated heterocycles. The van der Waals surface area contributed by atoms with Crippen LogP contribution in [0, 0.1) is 40.4 Å². The molecule has 11 heterocycles. The van der Waals surface area contributed by atoms with Crippen LogP contribution in [0.15, 0.2) is 232 Å². The molecule has 16 N–H and O–H groups in total. The fourth-order valence-corrected chi connectivity index (χ4v) is 15.9. The number of hydrogen-bond acceptors (Lipinski definition) is 29. The molecule has 704 valence electrons. The highest BCUT2D eigenvalue weighted by molar-refractivity contribution is 8.26. The number of nitrogens with two attached hydrogens (primary N) is 5. The fourth-order valence-electron chi connectivity index (χ4n) is 9.67. The summed E-state index contributed by atoms with van der Waals surface area (Å²) >= 11 is 35.1. The molecule has 0 spiro atoms. The maximum Gasteiger partial charge on any atom is 0.259 e. The highest BCUT2D eigenvalue weighted by atomic mass is 36.0. The Labute approximate surface area is 824 Å². The Morgan fingerprint density at radius 2 is 0.947 bits per heavy atom. The van der Waals surface area contributed by atoms with Gasteiger partial charge in [0.15, 0.2) is 15.9 Å². The molecular formula is C86H83Cl7F5N17O10S8. The number of hydrogen-bond donors (Lipinski definition) is 11. The number of halogens is 12. The minimum absolute atomic E-state index is 0.0795. The third kappa shape index (κ3) is 42.8. The van der Waals surface area contributed by atoms with Crippen LogP contribution in [0.3, 0.4) is 0 Å². The Bertz CT molecular complexity index is 6210. The first-order valence-corrected chi connectivity index (χ1v) is 49.3. The van der Waals surface area contributed by atoms with Crippen LogP contribution in [0.25, 0.3) is 64.8 Å². The van der Waals surface area contributed by atoms with Gasteiger partial charge in [-0.05, 0) is 180 Å². The van der Waals surface area contributed by atoms with Crippen LogP contribution in [0.4, 0.5) is 49.1 Å². The summed E-state index contributed by atoms with van der Waals surface area (Å²) in [5.41, 5.74) is 27.7. The number of nitrogens with one attached hydrogen (secondary N) is 3. The Morgan fingerprint density at radius 3 is 1.33 bits per heavy atom. The number of fused-ring (bicyclic) bond motifs is 3. The van der Waals surface area contributed by atoms with Crippen molar-refractivity contribution in [2.45, 2.75) is 49.3 Å². The third-order valence-electron chi connectivity index (χ3n) is 15.7. The van der Waals surface area contributed by atoms with Crippen LogP contribution in [-0.4, -0.2) is 146 Å². The van der Waals surface area contributed by atoms with Crippen molar-refractivity contribution in [3.05, 3.63) is 294 Å². The number of pyridine rings is 2. The topological polar surface area (TPSA) is 467 Å². The Hall–Kier alpha value is -10.5. The normalized spacial score (nSPS) is 11.7. The molecule has 10 aromatic heterocycles. The van der Waals surface area contributed by atoms with Gasteiger partial charge in [-0.3, -0.25) is 38.7 Å². The van der Waals surface area contributed by atoms with E-state index in [4.69, 9.17) is 106 Å². The fraction of sp³-hybridized carbons (Fsp3) is 0.163. The Morgan fingerprint density at radius 1 is 0.549 bits per heavy atom. The van der Waals surface area contributed by atoms with Crippen molar-refractivity contribution in [3.63, 3.8) is 0 Å². The number of alkyl halides is 3. The molecule has 133 heavy (non-hydrogen) atoms. The van der Waals surface area contributed by atoms with Crippen molar-refractivity contribution < 1.29 is 65.5 Å². The van der Waals surface area contributed by atoms with E-state index >= 15 is 0 Å². The van der Waals surface area contributed by atoms with Crippen molar-refractivity contribution in [1.29, 1.82) is 5.26 Å². The number of anilines is 5. The number of benzene rings is 5. The second kappa shape index (κ2) is 63.7. The predicted octanol–water partition coefficient (Wildman–Crippen LogP) is 21.0. The summed E-state index contributed by atoms with van der Waals surface area (Å²) in [5, 5.41) is 50.3. The van der Waals surface area contributed by atoms with Gasteiger partial charge in [0.25, 0.3) is 28.5 Å². The summed E-state index contributed by atoms with van der Waals surface area (Å²) in [6.07, 6.45) is 6.54. The van der Waals surface area contributed by atoms with Crippen LogP contribution in [0.2, 0.25) is 5.15 Å². The van der Waals surface area contributed by atoms with Gasteiger partial charge in [0, 0.05) is 81.0 Å². The lowest BCUT2D eigenvalue weighted by molar-refractivity contribution is -0.117. The maximum atomic E-state index is 14.1. The zero-order valence-corrected chi connectivity index (χ0v) is 81.9. The van der Waals surface area contributed by atoms with E-state index in [9.17, 15) is 50.7 Å². The van der Waals surface area contributed by atoms with Crippen LogP contribution < -0.4 is 44.9 Å². The van der Waals surface area contributed by atoms with E-state index in [0.717, 1.165) is 43.1 Å².